The van der Waals surface area contributed by atoms with Crippen LogP contribution in [0, 0.1) is 0 Å². The van der Waals surface area contributed by atoms with Crippen molar-refractivity contribution in [3.63, 3.8) is 0 Å². The molecule has 1 aliphatic heterocycles. The van der Waals surface area contributed by atoms with E-state index < -0.39 is 5.41 Å². The van der Waals surface area contributed by atoms with Gasteiger partial charge in [-0.2, -0.15) is 0 Å². The van der Waals surface area contributed by atoms with Crippen LogP contribution in [0.5, 0.6) is 0 Å². The quantitative estimate of drug-likeness (QED) is 0.178. The number of hydrogen-bond acceptors (Lipinski definition) is 3. The van der Waals surface area contributed by atoms with Crippen molar-refractivity contribution in [1.29, 1.82) is 0 Å². The maximum atomic E-state index is 5.38. The molecule has 8 aromatic rings. The van der Waals surface area contributed by atoms with Gasteiger partial charge in [-0.3, -0.25) is 5.32 Å². The summed E-state index contributed by atoms with van der Waals surface area (Å²) in [5, 5.41) is 7.59. The zero-order chi connectivity index (χ0) is 38.8. The summed E-state index contributed by atoms with van der Waals surface area (Å²) in [6.45, 7) is 4.72. The number of amidine groups is 1. The van der Waals surface area contributed by atoms with Gasteiger partial charge in [0.15, 0.2) is 0 Å². The van der Waals surface area contributed by atoms with Crippen LogP contribution in [0.15, 0.2) is 205 Å². The Morgan fingerprint density at radius 3 is 1.60 bits per heavy atom. The van der Waals surface area contributed by atoms with E-state index in [1.54, 1.807) is 0 Å². The number of aliphatic imine (C=N–C) groups is 1. The third kappa shape index (κ3) is 5.20. The molecule has 3 nitrogen and oxygen atoms in total. The molecule has 0 spiro atoms. The van der Waals surface area contributed by atoms with Crippen molar-refractivity contribution in [2.75, 3.05) is 0 Å². The standard InChI is InChI=1S/C55H43N3/c1-54(2)46-28-16-15-26-45(46)50-42(27-17-29-47(50)54)38-30-32-43-44-33-31-39(53-57-51(36-18-7-3-8-19-36)56-52(58-53)37-20-9-4-10-21-37)35-49(44)55(48(43)34-38,40-22-11-5-12-23-40)41-24-13-6-14-25-41/h3-35,51-52,56H,1-2H3,(H,57,58). The fourth-order valence-corrected chi connectivity index (χ4v) is 10.1. The van der Waals surface area contributed by atoms with Crippen molar-refractivity contribution in [2.45, 2.75) is 37.0 Å². The minimum atomic E-state index is -0.584. The SMILES string of the molecule is CC1(C)c2ccccc2-c2c(-c3ccc4c(c3)C(c3ccccc3)(c3ccccc3)c3cc(C5=NC(c6ccccc6)NC(c6ccccc6)N5)ccc3-4)cccc21. The van der Waals surface area contributed by atoms with Gasteiger partial charge in [0.25, 0.3) is 0 Å². The van der Waals surface area contributed by atoms with Crippen molar-refractivity contribution in [3.05, 3.63) is 250 Å². The average molecular weight is 746 g/mol. The molecule has 3 aliphatic rings. The van der Waals surface area contributed by atoms with E-state index >= 15 is 0 Å². The molecule has 0 radical (unpaired) electrons. The summed E-state index contributed by atoms with van der Waals surface area (Å²) < 4.78 is 0. The first-order valence-corrected chi connectivity index (χ1v) is 20.4. The zero-order valence-corrected chi connectivity index (χ0v) is 32.7. The van der Waals surface area contributed by atoms with Crippen molar-refractivity contribution >= 4 is 5.84 Å². The van der Waals surface area contributed by atoms with Gasteiger partial charge in [0, 0.05) is 11.0 Å². The number of hydrogen-bond donors (Lipinski definition) is 2. The van der Waals surface area contributed by atoms with Gasteiger partial charge in [0.05, 0.1) is 5.41 Å². The molecule has 2 atom stereocenters. The molecule has 0 saturated carbocycles. The molecule has 1 heterocycles. The van der Waals surface area contributed by atoms with Crippen LogP contribution in [0.3, 0.4) is 0 Å². The molecule has 11 rings (SSSR count). The lowest BCUT2D eigenvalue weighted by atomic mass is 9.67. The monoisotopic (exact) mass is 745 g/mol. The normalized spacial score (nSPS) is 17.9. The van der Waals surface area contributed by atoms with Gasteiger partial charge >= 0.3 is 0 Å². The Morgan fingerprint density at radius 2 is 0.948 bits per heavy atom. The highest BCUT2D eigenvalue weighted by Gasteiger charge is 2.47. The van der Waals surface area contributed by atoms with Crippen LogP contribution in [0.2, 0.25) is 0 Å². The van der Waals surface area contributed by atoms with Crippen LogP contribution < -0.4 is 10.6 Å². The highest BCUT2D eigenvalue weighted by atomic mass is 15.3. The Kier molecular flexibility index (Phi) is 7.96. The number of fused-ring (bicyclic) bond motifs is 6. The van der Waals surface area contributed by atoms with Crippen LogP contribution in [0.4, 0.5) is 0 Å². The molecular weight excluding hydrogens is 703 g/mol. The summed E-state index contributed by atoms with van der Waals surface area (Å²) in [5.74, 6) is 0.872. The first kappa shape index (κ1) is 34.4. The second-order valence-corrected chi connectivity index (χ2v) is 16.3. The Hall–Kier alpha value is -6.81. The van der Waals surface area contributed by atoms with E-state index in [2.05, 4.69) is 225 Å². The highest BCUT2D eigenvalue weighted by molar-refractivity contribution is 6.02. The Balaban J connectivity index is 1.13. The summed E-state index contributed by atoms with van der Waals surface area (Å²) in [6.07, 6.45) is -0.339. The molecule has 0 saturated heterocycles. The van der Waals surface area contributed by atoms with Crippen LogP contribution in [0.1, 0.15) is 76.3 Å². The molecule has 58 heavy (non-hydrogen) atoms. The van der Waals surface area contributed by atoms with Crippen molar-refractivity contribution in [3.8, 4) is 33.4 Å². The Labute approximate surface area is 340 Å². The number of benzene rings is 8. The number of nitrogens with zero attached hydrogens (tertiary/aromatic N) is 1. The minimum absolute atomic E-state index is 0.0758. The van der Waals surface area contributed by atoms with Crippen LogP contribution in [-0.2, 0) is 10.8 Å². The minimum Gasteiger partial charge on any atom is -0.350 e. The molecule has 0 aromatic heterocycles. The fraction of sp³-hybridized carbons (Fsp3) is 0.109. The average Bonchev–Trinajstić information content (AvgIpc) is 3.72. The summed E-state index contributed by atoms with van der Waals surface area (Å²) >= 11 is 0. The second kappa shape index (κ2) is 13.4. The highest BCUT2D eigenvalue weighted by Crippen LogP contribution is 2.58. The molecular formula is C55H43N3. The first-order valence-electron chi connectivity index (χ1n) is 20.4. The topological polar surface area (TPSA) is 36.4 Å². The molecule has 0 amide bonds. The van der Waals surface area contributed by atoms with Crippen LogP contribution in [-0.4, -0.2) is 5.84 Å². The van der Waals surface area contributed by atoms with Gasteiger partial charge < -0.3 is 5.32 Å². The largest absolute Gasteiger partial charge is 0.350 e. The second-order valence-electron chi connectivity index (χ2n) is 16.3. The number of rotatable bonds is 6. The lowest BCUT2D eigenvalue weighted by Gasteiger charge is -2.35. The van der Waals surface area contributed by atoms with E-state index in [1.165, 1.54) is 72.3 Å². The number of nitrogens with one attached hydrogen (secondary N) is 2. The van der Waals surface area contributed by atoms with Gasteiger partial charge in [0.1, 0.15) is 18.2 Å². The van der Waals surface area contributed by atoms with Crippen molar-refractivity contribution < 1.29 is 0 Å². The lowest BCUT2D eigenvalue weighted by molar-refractivity contribution is 0.409. The summed E-state index contributed by atoms with van der Waals surface area (Å²) in [6, 6.07) is 73.4. The summed E-state index contributed by atoms with van der Waals surface area (Å²) in [7, 11) is 0. The van der Waals surface area contributed by atoms with E-state index in [0.29, 0.717) is 0 Å². The molecule has 2 N–H and O–H groups in total. The van der Waals surface area contributed by atoms with E-state index in [9.17, 15) is 0 Å². The molecule has 278 valence electrons. The lowest BCUT2D eigenvalue weighted by Crippen LogP contribution is -2.45. The smallest absolute Gasteiger partial charge is 0.131 e. The molecule has 3 heteroatoms. The Bertz CT molecular complexity index is 2820. The predicted molar refractivity (Wildman–Crippen MR) is 238 cm³/mol. The van der Waals surface area contributed by atoms with Gasteiger partial charge in [-0.1, -0.05) is 202 Å². The van der Waals surface area contributed by atoms with Gasteiger partial charge in [-0.25, -0.2) is 4.99 Å². The molecule has 2 unspecified atom stereocenters. The summed E-state index contributed by atoms with van der Waals surface area (Å²) in [5.41, 5.74) is 18.2. The van der Waals surface area contributed by atoms with E-state index in [0.717, 1.165) is 17.0 Å². The first-order chi connectivity index (χ1) is 28.5. The maximum Gasteiger partial charge on any atom is 0.131 e. The third-order valence-corrected chi connectivity index (χ3v) is 12.9. The maximum absolute atomic E-state index is 5.38. The van der Waals surface area contributed by atoms with Crippen molar-refractivity contribution in [2.24, 2.45) is 4.99 Å². The molecule has 2 aliphatic carbocycles. The van der Waals surface area contributed by atoms with E-state index in [4.69, 9.17) is 4.99 Å². The molecule has 8 aromatic carbocycles. The van der Waals surface area contributed by atoms with Gasteiger partial charge in [0.2, 0.25) is 0 Å². The fourth-order valence-electron chi connectivity index (χ4n) is 10.1. The van der Waals surface area contributed by atoms with E-state index in [1.807, 2.05) is 0 Å². The van der Waals surface area contributed by atoms with Crippen LogP contribution in [0.25, 0.3) is 33.4 Å². The summed E-state index contributed by atoms with van der Waals surface area (Å²) in [4.78, 5) is 5.38. The van der Waals surface area contributed by atoms with Gasteiger partial charge in [-0.15, -0.1) is 0 Å². The third-order valence-electron chi connectivity index (χ3n) is 12.9. The molecule has 0 bridgehead atoms. The molecule has 0 fully saturated rings. The Morgan fingerprint density at radius 1 is 0.431 bits per heavy atom. The van der Waals surface area contributed by atoms with Crippen molar-refractivity contribution in [1.82, 2.24) is 10.6 Å². The van der Waals surface area contributed by atoms with Gasteiger partial charge in [-0.05, 0) is 90.0 Å². The zero-order valence-electron chi connectivity index (χ0n) is 32.7. The van der Waals surface area contributed by atoms with E-state index in [-0.39, 0.29) is 17.7 Å². The van der Waals surface area contributed by atoms with Crippen LogP contribution >= 0.6 is 0 Å². The predicted octanol–water partition coefficient (Wildman–Crippen LogP) is 12.4.